The van der Waals surface area contributed by atoms with Crippen LogP contribution in [0.4, 0.5) is 14.9 Å². The number of nitrogens with zero attached hydrogens (tertiary/aromatic N) is 6. The summed E-state index contributed by atoms with van der Waals surface area (Å²) < 4.78 is 40.2. The third kappa shape index (κ3) is 6.46. The zero-order chi connectivity index (χ0) is 25.9. The van der Waals surface area contributed by atoms with Crippen LogP contribution in [0.1, 0.15) is 0 Å². The number of halogens is 1. The summed E-state index contributed by atoms with van der Waals surface area (Å²) in [5, 5.41) is 21.3. The number of rotatable bonds is 10. The number of aryl methyl sites for hydroxylation is 1. The second-order valence-corrected chi connectivity index (χ2v) is 9.03. The average molecular weight is 524 g/mol. The number of pyridine rings is 1. The molecule has 0 spiro atoms. The highest BCUT2D eigenvalue weighted by molar-refractivity contribution is 7.46. The van der Waals surface area contributed by atoms with E-state index >= 15 is 0 Å². The minimum Gasteiger partial charge on any atom is -0.441 e. The van der Waals surface area contributed by atoms with Gasteiger partial charge in [0.15, 0.2) is 0 Å². The zero-order valence-electron chi connectivity index (χ0n) is 18.8. The average Bonchev–Trinajstić information content (AvgIpc) is 3.42. The van der Waals surface area contributed by atoms with Gasteiger partial charge in [-0.05, 0) is 29.5 Å². The number of aromatic nitrogens is 5. The molecule has 2 atom stereocenters. The van der Waals surface area contributed by atoms with E-state index in [1.165, 1.54) is 28.0 Å². The maximum absolute atomic E-state index is 14.9. The molecule has 1 amide bonds. The van der Waals surface area contributed by atoms with E-state index in [-0.39, 0.29) is 31.0 Å². The summed E-state index contributed by atoms with van der Waals surface area (Å²) in [4.78, 5) is 36.3. The van der Waals surface area contributed by atoms with Crippen molar-refractivity contribution in [2.24, 2.45) is 7.05 Å². The molecule has 1 aliphatic heterocycles. The highest BCUT2D eigenvalue weighted by Gasteiger charge is 2.33. The molecule has 0 radical (unpaired) electrons. The van der Waals surface area contributed by atoms with E-state index in [1.807, 2.05) is 0 Å². The van der Waals surface area contributed by atoms with Gasteiger partial charge in [-0.2, -0.15) is 4.80 Å². The zero-order valence-corrected chi connectivity index (χ0v) is 19.7. The Balaban J connectivity index is 1.34. The lowest BCUT2D eigenvalue weighted by molar-refractivity contribution is -0.0182. The van der Waals surface area contributed by atoms with E-state index < -0.39 is 38.5 Å². The summed E-state index contributed by atoms with van der Waals surface area (Å²) in [5.74, 6) is -0.227. The number of phosphoric acid groups is 1. The Morgan fingerprint density at radius 1 is 1.28 bits per heavy atom. The molecule has 1 aromatic carbocycles. The third-order valence-electron chi connectivity index (χ3n) is 5.00. The van der Waals surface area contributed by atoms with Gasteiger partial charge in [0.05, 0.1) is 39.1 Å². The minimum absolute atomic E-state index is 0.0774. The van der Waals surface area contributed by atoms with Gasteiger partial charge >= 0.3 is 13.9 Å². The van der Waals surface area contributed by atoms with Crippen LogP contribution in [0.5, 0.6) is 0 Å². The molecule has 1 aliphatic rings. The smallest absolute Gasteiger partial charge is 0.441 e. The topological polar surface area (TPSA) is 182 Å². The summed E-state index contributed by atoms with van der Waals surface area (Å²) in [6.45, 7) is -0.929. The van der Waals surface area contributed by atoms with Crippen molar-refractivity contribution in [2.45, 2.75) is 12.2 Å². The number of carbonyl (C=O) groups is 1. The van der Waals surface area contributed by atoms with Gasteiger partial charge in [-0.15, -0.1) is 10.2 Å². The number of hydrogen-bond acceptors (Lipinski definition) is 10. The molecule has 0 bridgehead atoms. The Labute approximate surface area is 203 Å². The Kier molecular flexibility index (Phi) is 7.68. The second kappa shape index (κ2) is 10.7. The number of ether oxygens (including phenoxy) is 2. The van der Waals surface area contributed by atoms with Crippen LogP contribution < -0.4 is 4.90 Å². The SMILES string of the molecule is Cn1nnc(-c2ccc(-c3ccc(N4CC(COC[C@@H](O)COP(=O)(O)O)OC4=O)cc3F)cn2)n1. The normalized spacial score (nSPS) is 16.9. The first-order valence-corrected chi connectivity index (χ1v) is 12.1. The maximum atomic E-state index is 14.9. The first kappa shape index (κ1) is 25.8. The predicted molar refractivity (Wildman–Crippen MR) is 120 cm³/mol. The van der Waals surface area contributed by atoms with Crippen molar-refractivity contribution < 1.29 is 42.6 Å². The molecule has 2 aromatic heterocycles. The lowest BCUT2D eigenvalue weighted by atomic mass is 10.1. The van der Waals surface area contributed by atoms with Gasteiger partial charge < -0.3 is 24.4 Å². The van der Waals surface area contributed by atoms with Crippen LogP contribution >= 0.6 is 7.82 Å². The molecule has 3 N–H and O–H groups in total. The van der Waals surface area contributed by atoms with E-state index in [2.05, 4.69) is 24.9 Å². The summed E-state index contributed by atoms with van der Waals surface area (Å²) in [7, 11) is -3.07. The van der Waals surface area contributed by atoms with Gasteiger partial charge in [0.1, 0.15) is 23.7 Å². The number of phosphoric ester groups is 1. The van der Waals surface area contributed by atoms with Gasteiger partial charge in [-0.25, -0.2) is 13.8 Å². The number of anilines is 1. The molecule has 4 rings (SSSR count). The van der Waals surface area contributed by atoms with E-state index in [0.717, 1.165) is 0 Å². The van der Waals surface area contributed by atoms with Gasteiger partial charge in [-0.3, -0.25) is 14.4 Å². The Hall–Kier alpha value is -3.33. The van der Waals surface area contributed by atoms with E-state index in [9.17, 15) is 18.9 Å². The molecule has 14 nitrogen and oxygen atoms in total. The molecule has 16 heteroatoms. The van der Waals surface area contributed by atoms with E-state index in [4.69, 9.17) is 19.3 Å². The van der Waals surface area contributed by atoms with Crippen LogP contribution in [0.25, 0.3) is 22.6 Å². The number of amides is 1. The molecular formula is C20H22FN6O8P. The van der Waals surface area contributed by atoms with Gasteiger partial charge in [-0.1, -0.05) is 6.07 Å². The Bertz CT molecular complexity index is 1270. The van der Waals surface area contributed by atoms with Crippen molar-refractivity contribution in [1.82, 2.24) is 25.2 Å². The monoisotopic (exact) mass is 524 g/mol. The van der Waals surface area contributed by atoms with Gasteiger partial charge in [0.25, 0.3) is 0 Å². The Morgan fingerprint density at radius 3 is 2.72 bits per heavy atom. The van der Waals surface area contributed by atoms with Crippen molar-refractivity contribution in [3.63, 3.8) is 0 Å². The largest absolute Gasteiger partial charge is 0.469 e. The quantitative estimate of drug-likeness (QED) is 0.319. The standard InChI is InChI=1S/C20H22FN6O8P/c1-26-24-19(23-25-26)18-5-2-12(7-22-18)16-4-3-13(6-17(16)21)27-8-15(35-20(27)29)11-33-9-14(28)10-34-36(30,31)32/h2-7,14-15,28H,8-11H2,1H3,(H2,30,31,32)/t14-,15?/m1/s1. The Morgan fingerprint density at radius 2 is 2.08 bits per heavy atom. The number of benzene rings is 1. The lowest BCUT2D eigenvalue weighted by Gasteiger charge is -2.15. The summed E-state index contributed by atoms with van der Waals surface area (Å²) in [5.41, 5.74) is 1.57. The maximum Gasteiger partial charge on any atom is 0.469 e. The molecule has 3 aromatic rings. The van der Waals surface area contributed by atoms with Crippen molar-refractivity contribution in [3.05, 3.63) is 42.3 Å². The number of carbonyl (C=O) groups excluding carboxylic acids is 1. The first-order valence-electron chi connectivity index (χ1n) is 10.5. The number of hydrogen-bond donors (Lipinski definition) is 3. The first-order chi connectivity index (χ1) is 17.1. The van der Waals surface area contributed by atoms with Gasteiger partial charge in [0, 0.05) is 17.3 Å². The van der Waals surface area contributed by atoms with Crippen molar-refractivity contribution in [3.8, 4) is 22.6 Å². The third-order valence-corrected chi connectivity index (χ3v) is 5.48. The fraction of sp³-hybridized carbons (Fsp3) is 0.350. The predicted octanol–water partition coefficient (Wildman–Crippen LogP) is 0.890. The van der Waals surface area contributed by atoms with Crippen LogP contribution in [-0.4, -0.2) is 84.8 Å². The summed E-state index contributed by atoms with van der Waals surface area (Å²) in [6.07, 6.45) is -1.18. The molecule has 0 aliphatic carbocycles. The van der Waals surface area contributed by atoms with Gasteiger partial charge in [0.2, 0.25) is 5.82 Å². The number of cyclic esters (lactones) is 1. The summed E-state index contributed by atoms with van der Waals surface area (Å²) >= 11 is 0. The molecular weight excluding hydrogens is 502 g/mol. The van der Waals surface area contributed by atoms with Crippen molar-refractivity contribution in [1.29, 1.82) is 0 Å². The molecule has 36 heavy (non-hydrogen) atoms. The number of aliphatic hydroxyl groups excluding tert-OH is 1. The molecule has 3 heterocycles. The van der Waals surface area contributed by atoms with Crippen molar-refractivity contribution >= 4 is 19.6 Å². The van der Waals surface area contributed by atoms with Crippen LogP contribution in [0, 0.1) is 5.82 Å². The highest BCUT2D eigenvalue weighted by Crippen LogP contribution is 2.35. The van der Waals surface area contributed by atoms with E-state index in [0.29, 0.717) is 17.1 Å². The molecule has 1 fully saturated rings. The molecule has 1 saturated heterocycles. The van der Waals surface area contributed by atoms with Crippen LogP contribution in [-0.2, 0) is 25.6 Å². The number of tetrazole rings is 1. The summed E-state index contributed by atoms with van der Waals surface area (Å²) in [6, 6.07) is 7.63. The van der Waals surface area contributed by atoms with Crippen LogP contribution in [0.3, 0.4) is 0 Å². The van der Waals surface area contributed by atoms with Crippen LogP contribution in [0.15, 0.2) is 36.5 Å². The fourth-order valence-electron chi connectivity index (χ4n) is 3.36. The number of aliphatic hydroxyl groups is 1. The lowest BCUT2D eigenvalue weighted by Crippen LogP contribution is -2.28. The second-order valence-electron chi connectivity index (χ2n) is 7.79. The fourth-order valence-corrected chi connectivity index (χ4v) is 3.73. The molecule has 0 saturated carbocycles. The molecule has 192 valence electrons. The molecule has 1 unspecified atom stereocenters. The minimum atomic E-state index is -4.70. The van der Waals surface area contributed by atoms with Crippen molar-refractivity contribution in [2.75, 3.05) is 31.3 Å². The highest BCUT2D eigenvalue weighted by atomic mass is 31.2. The van der Waals surface area contributed by atoms with E-state index in [1.54, 1.807) is 25.2 Å². The van der Waals surface area contributed by atoms with Crippen LogP contribution in [0.2, 0.25) is 0 Å².